The Morgan fingerprint density at radius 1 is 0.972 bits per heavy atom. The van der Waals surface area contributed by atoms with Crippen LogP contribution >= 0.6 is 0 Å². The van der Waals surface area contributed by atoms with Crippen LogP contribution in [-0.2, 0) is 19.1 Å². The molecule has 0 fully saturated rings. The number of allylic oxidation sites excluding steroid dienone is 1. The number of hydrazine groups is 1. The predicted molar refractivity (Wildman–Crippen MR) is 133 cm³/mol. The Kier molecular flexibility index (Phi) is 11.7. The molecule has 6 nitrogen and oxygen atoms in total. The molecule has 0 saturated heterocycles. The van der Waals surface area contributed by atoms with Crippen molar-refractivity contribution < 1.29 is 32.3 Å². The van der Waals surface area contributed by atoms with Crippen LogP contribution in [0.2, 0.25) is 0 Å². The third-order valence-corrected chi connectivity index (χ3v) is 5.04. The van der Waals surface area contributed by atoms with Crippen molar-refractivity contribution >= 4 is 23.9 Å². The van der Waals surface area contributed by atoms with Crippen LogP contribution in [0.3, 0.4) is 0 Å². The van der Waals surface area contributed by atoms with Crippen molar-refractivity contribution in [1.29, 1.82) is 0 Å². The number of benzene rings is 1. The number of hydrogen-bond acceptors (Lipinski definition) is 4. The number of halogens is 3. The Hall–Kier alpha value is -2.84. The first-order valence-corrected chi connectivity index (χ1v) is 12.1. The van der Waals surface area contributed by atoms with Crippen LogP contribution in [0.25, 0.3) is 6.08 Å². The molecule has 0 aromatic heterocycles. The summed E-state index contributed by atoms with van der Waals surface area (Å²) < 4.78 is 45.1. The highest BCUT2D eigenvalue weighted by atomic mass is 19.4. The molecule has 0 radical (unpaired) electrons. The first kappa shape index (κ1) is 31.2. The van der Waals surface area contributed by atoms with E-state index in [-0.39, 0.29) is 31.2 Å². The summed E-state index contributed by atoms with van der Waals surface area (Å²) in [6, 6.07) is 9.35. The molecule has 0 unspecified atom stereocenters. The Morgan fingerprint density at radius 3 is 2.03 bits per heavy atom. The Morgan fingerprint density at radius 2 is 1.56 bits per heavy atom. The number of carbonyl (C=O) groups is 3. The number of hydrogen-bond donors (Lipinski definition) is 1. The second kappa shape index (κ2) is 13.5. The Bertz CT molecular complexity index is 891. The molecule has 36 heavy (non-hydrogen) atoms. The monoisotopic (exact) mass is 512 g/mol. The van der Waals surface area contributed by atoms with Crippen molar-refractivity contribution in [1.82, 2.24) is 10.4 Å². The van der Waals surface area contributed by atoms with Gasteiger partial charge in [-0.2, -0.15) is 13.2 Å². The fourth-order valence-electron chi connectivity index (χ4n) is 3.59. The summed E-state index contributed by atoms with van der Waals surface area (Å²) in [6.45, 7) is 11.7. The van der Waals surface area contributed by atoms with Crippen LogP contribution in [0.5, 0.6) is 0 Å². The van der Waals surface area contributed by atoms with Crippen molar-refractivity contribution in [3.05, 3.63) is 42.0 Å². The molecule has 1 aromatic carbocycles. The molecule has 0 aliphatic heterocycles. The fraction of sp³-hybridized carbons (Fsp3) is 0.593. The second-order valence-electron chi connectivity index (χ2n) is 10.7. The van der Waals surface area contributed by atoms with Crippen molar-refractivity contribution in [2.24, 2.45) is 23.7 Å². The Labute approximate surface area is 212 Å². The van der Waals surface area contributed by atoms with Crippen LogP contribution in [0.4, 0.5) is 13.2 Å². The average Bonchev–Trinajstić information content (AvgIpc) is 2.72. The van der Waals surface area contributed by atoms with Crippen LogP contribution < -0.4 is 5.43 Å². The number of rotatable bonds is 10. The zero-order chi connectivity index (χ0) is 27.7. The summed E-state index contributed by atoms with van der Waals surface area (Å²) in [5.41, 5.74) is 2.23. The molecule has 0 aliphatic carbocycles. The largest absolute Gasteiger partial charge is 0.473 e. The van der Waals surface area contributed by atoms with Gasteiger partial charge in [0, 0.05) is 6.54 Å². The number of esters is 1. The number of nitrogens with zero attached hydrogens (tertiary/aromatic N) is 1. The molecule has 9 heteroatoms. The van der Waals surface area contributed by atoms with E-state index in [2.05, 4.69) is 5.43 Å². The molecule has 2 amide bonds. The molecule has 0 aliphatic rings. The zero-order valence-electron chi connectivity index (χ0n) is 22.2. The van der Waals surface area contributed by atoms with E-state index in [0.29, 0.717) is 5.01 Å². The maximum absolute atomic E-state index is 13.3. The number of amides is 2. The van der Waals surface area contributed by atoms with E-state index in [1.54, 1.807) is 46.8 Å². The van der Waals surface area contributed by atoms with Crippen LogP contribution in [0.1, 0.15) is 66.9 Å². The van der Waals surface area contributed by atoms with E-state index in [1.165, 1.54) is 0 Å². The number of carbonyl (C=O) groups excluding carboxylic acids is 3. The first-order valence-electron chi connectivity index (χ1n) is 12.1. The van der Waals surface area contributed by atoms with Gasteiger partial charge in [0.25, 0.3) is 0 Å². The molecule has 1 rings (SSSR count). The SMILES string of the molecule is CC(C)C[C@@H](C(=O)NN(CC(C)C)C(=O)C(F)(F)F)[C@H](C/C=C/c1ccccc1)C(=O)OC(C)(C)C. The second-order valence-corrected chi connectivity index (χ2v) is 10.7. The van der Waals surface area contributed by atoms with Crippen LogP contribution in [0.15, 0.2) is 36.4 Å². The van der Waals surface area contributed by atoms with Gasteiger partial charge in [-0.15, -0.1) is 0 Å². The number of ether oxygens (including phenoxy) is 1. The van der Waals surface area contributed by atoms with E-state index in [1.807, 2.05) is 44.2 Å². The normalized spacial score (nSPS) is 14.1. The highest BCUT2D eigenvalue weighted by Crippen LogP contribution is 2.28. The smallest absolute Gasteiger partial charge is 0.460 e. The predicted octanol–water partition coefficient (Wildman–Crippen LogP) is 5.79. The summed E-state index contributed by atoms with van der Waals surface area (Å²) >= 11 is 0. The van der Waals surface area contributed by atoms with Gasteiger partial charge in [-0.1, -0.05) is 70.2 Å². The van der Waals surface area contributed by atoms with Crippen molar-refractivity contribution in [3.63, 3.8) is 0 Å². The number of nitrogens with one attached hydrogen (secondary N) is 1. The van der Waals surface area contributed by atoms with Crippen molar-refractivity contribution in [3.8, 4) is 0 Å². The van der Waals surface area contributed by atoms with Gasteiger partial charge in [0.05, 0.1) is 11.8 Å². The third-order valence-electron chi connectivity index (χ3n) is 5.04. The zero-order valence-corrected chi connectivity index (χ0v) is 22.2. The summed E-state index contributed by atoms with van der Waals surface area (Å²) in [4.78, 5) is 38.5. The molecule has 1 aromatic rings. The summed E-state index contributed by atoms with van der Waals surface area (Å²) in [6.07, 6.45) is -1.26. The van der Waals surface area contributed by atoms with Gasteiger partial charge in [-0.05, 0) is 51.0 Å². The van der Waals surface area contributed by atoms with Crippen LogP contribution in [0, 0.1) is 23.7 Å². The quantitative estimate of drug-likeness (QED) is 0.318. The molecule has 202 valence electrons. The lowest BCUT2D eigenvalue weighted by Crippen LogP contribution is -2.55. The van der Waals surface area contributed by atoms with Crippen molar-refractivity contribution in [2.75, 3.05) is 6.54 Å². The standard InChI is InChI=1S/C27H39F3N2O4/c1-18(2)16-22(23(33)31-32(17-19(3)4)25(35)27(28,29)30)21(24(34)36-26(5,6)7)15-11-14-20-12-9-8-10-13-20/h8-14,18-19,21-22H,15-17H2,1-7H3,(H,31,33)/b14-11+/t21-,22+/m0/s1. The lowest BCUT2D eigenvalue weighted by Gasteiger charge is -2.32. The fourth-order valence-corrected chi connectivity index (χ4v) is 3.59. The van der Waals surface area contributed by atoms with Gasteiger partial charge in [0.2, 0.25) is 5.91 Å². The van der Waals surface area contributed by atoms with Gasteiger partial charge < -0.3 is 4.74 Å². The highest BCUT2D eigenvalue weighted by molar-refractivity contribution is 5.89. The van der Waals surface area contributed by atoms with Crippen molar-refractivity contribution in [2.45, 2.75) is 73.1 Å². The topological polar surface area (TPSA) is 75.7 Å². The maximum atomic E-state index is 13.3. The summed E-state index contributed by atoms with van der Waals surface area (Å²) in [5.74, 6) is -5.99. The summed E-state index contributed by atoms with van der Waals surface area (Å²) in [5, 5.41) is 0.298. The molecule has 0 saturated carbocycles. The first-order chi connectivity index (χ1) is 16.5. The minimum absolute atomic E-state index is 0.0549. The van der Waals surface area contributed by atoms with E-state index < -0.39 is 41.4 Å². The molecule has 0 heterocycles. The number of alkyl halides is 3. The van der Waals surface area contributed by atoms with Gasteiger partial charge in [0.1, 0.15) is 5.60 Å². The molecular formula is C27H39F3N2O4. The van der Waals surface area contributed by atoms with E-state index in [4.69, 9.17) is 4.74 Å². The van der Waals surface area contributed by atoms with Gasteiger partial charge >= 0.3 is 18.1 Å². The Balaban J connectivity index is 3.33. The lowest BCUT2D eigenvalue weighted by molar-refractivity contribution is -0.190. The van der Waals surface area contributed by atoms with E-state index >= 15 is 0 Å². The van der Waals surface area contributed by atoms with Gasteiger partial charge in [0.15, 0.2) is 0 Å². The van der Waals surface area contributed by atoms with E-state index in [9.17, 15) is 27.6 Å². The van der Waals surface area contributed by atoms with Gasteiger partial charge in [-0.3, -0.25) is 19.8 Å². The lowest BCUT2D eigenvalue weighted by atomic mass is 9.82. The van der Waals surface area contributed by atoms with E-state index in [0.717, 1.165) is 5.56 Å². The maximum Gasteiger partial charge on any atom is 0.473 e. The third kappa shape index (κ3) is 11.3. The van der Waals surface area contributed by atoms with Gasteiger partial charge in [-0.25, -0.2) is 5.01 Å². The molecule has 2 atom stereocenters. The average molecular weight is 513 g/mol. The molecule has 0 spiro atoms. The molecule has 1 N–H and O–H groups in total. The minimum Gasteiger partial charge on any atom is -0.460 e. The molecular weight excluding hydrogens is 473 g/mol. The summed E-state index contributed by atoms with van der Waals surface area (Å²) in [7, 11) is 0. The molecule has 0 bridgehead atoms. The van der Waals surface area contributed by atoms with Crippen LogP contribution in [-0.4, -0.2) is 41.1 Å². The highest BCUT2D eigenvalue weighted by Gasteiger charge is 2.45. The minimum atomic E-state index is -5.15.